The van der Waals surface area contributed by atoms with Crippen LogP contribution < -0.4 is 11.1 Å². The Balaban J connectivity index is 1.71. The fourth-order valence-electron chi connectivity index (χ4n) is 2.52. The first-order valence-electron chi connectivity index (χ1n) is 8.38. The summed E-state index contributed by atoms with van der Waals surface area (Å²) in [5.74, 6) is -0.537. The Bertz CT molecular complexity index is 1040. The van der Waals surface area contributed by atoms with E-state index in [0.29, 0.717) is 38.1 Å². The summed E-state index contributed by atoms with van der Waals surface area (Å²) < 4.78 is 0. The number of rotatable bonds is 5. The summed E-state index contributed by atoms with van der Waals surface area (Å²) in [7, 11) is 0. The number of hydrogen-bond donors (Lipinski definition) is 2. The van der Waals surface area contributed by atoms with Crippen molar-refractivity contribution in [2.45, 2.75) is 0 Å². The number of carbonyl (C=O) groups excluding carboxylic acids is 2. The third kappa shape index (κ3) is 4.60. The molecule has 0 fully saturated rings. The van der Waals surface area contributed by atoms with Crippen molar-refractivity contribution in [3.8, 4) is 0 Å². The van der Waals surface area contributed by atoms with Crippen molar-refractivity contribution in [2.75, 3.05) is 11.1 Å². The smallest absolute Gasteiger partial charge is 0.255 e. The predicted octanol–water partition coefficient (Wildman–Crippen LogP) is 5.72. The lowest BCUT2D eigenvalue weighted by molar-refractivity contribution is 0.102. The Kier molecular flexibility index (Phi) is 6.14. The van der Waals surface area contributed by atoms with Crippen molar-refractivity contribution < 1.29 is 9.59 Å². The van der Waals surface area contributed by atoms with Crippen LogP contribution in [0.3, 0.4) is 0 Å². The summed E-state index contributed by atoms with van der Waals surface area (Å²) in [5.41, 5.74) is 8.27. The van der Waals surface area contributed by atoms with E-state index < -0.39 is 0 Å². The molecule has 0 atom stereocenters. The second kappa shape index (κ2) is 8.74. The van der Waals surface area contributed by atoms with Crippen molar-refractivity contribution in [2.24, 2.45) is 0 Å². The number of nitrogens with one attached hydrogen (secondary N) is 1. The van der Waals surface area contributed by atoms with Gasteiger partial charge in [-0.25, -0.2) is 0 Å². The van der Waals surface area contributed by atoms with Gasteiger partial charge in [0.2, 0.25) is 0 Å². The van der Waals surface area contributed by atoms with Crippen LogP contribution in [0.15, 0.2) is 72.8 Å². The molecule has 0 aromatic heterocycles. The summed E-state index contributed by atoms with van der Waals surface area (Å²) in [6, 6.07) is 18.5. The second-order valence-corrected chi connectivity index (χ2v) is 6.77. The van der Waals surface area contributed by atoms with Crippen LogP contribution in [0.25, 0.3) is 6.08 Å². The highest BCUT2D eigenvalue weighted by Crippen LogP contribution is 2.25. The SMILES string of the molecule is Nc1ccccc1NC(=O)c1ccc(C(=O)/C=C/c2c(Cl)cccc2Cl)cc1. The van der Waals surface area contributed by atoms with Gasteiger partial charge < -0.3 is 11.1 Å². The van der Waals surface area contributed by atoms with Crippen LogP contribution in [0.4, 0.5) is 11.4 Å². The van der Waals surface area contributed by atoms with E-state index in [-0.39, 0.29) is 11.7 Å². The third-order valence-corrected chi connectivity index (χ3v) is 4.70. The van der Waals surface area contributed by atoms with Crippen molar-refractivity contribution in [1.82, 2.24) is 0 Å². The van der Waals surface area contributed by atoms with Gasteiger partial charge in [0.25, 0.3) is 5.91 Å². The Morgan fingerprint density at radius 3 is 2.07 bits per heavy atom. The molecule has 0 unspecified atom stereocenters. The van der Waals surface area contributed by atoms with E-state index in [0.717, 1.165) is 0 Å². The van der Waals surface area contributed by atoms with E-state index in [1.807, 2.05) is 0 Å². The zero-order chi connectivity index (χ0) is 20.1. The summed E-state index contributed by atoms with van der Waals surface area (Å²) >= 11 is 12.2. The molecule has 0 heterocycles. The lowest BCUT2D eigenvalue weighted by atomic mass is 10.1. The van der Waals surface area contributed by atoms with Gasteiger partial charge in [-0.1, -0.05) is 53.5 Å². The van der Waals surface area contributed by atoms with Crippen LogP contribution in [0.2, 0.25) is 10.0 Å². The Morgan fingerprint density at radius 1 is 0.821 bits per heavy atom. The van der Waals surface area contributed by atoms with Gasteiger partial charge in [-0.05, 0) is 48.6 Å². The van der Waals surface area contributed by atoms with E-state index in [9.17, 15) is 9.59 Å². The number of benzene rings is 3. The molecule has 4 nitrogen and oxygen atoms in total. The minimum atomic E-state index is -0.310. The molecular weight excluding hydrogens is 395 g/mol. The van der Waals surface area contributed by atoms with E-state index in [1.54, 1.807) is 72.8 Å². The molecule has 0 spiro atoms. The summed E-state index contributed by atoms with van der Waals surface area (Å²) in [6.07, 6.45) is 2.97. The lowest BCUT2D eigenvalue weighted by Crippen LogP contribution is -2.13. The molecule has 0 aliphatic heterocycles. The average molecular weight is 411 g/mol. The number of nitrogens with two attached hydrogens (primary N) is 1. The first-order valence-corrected chi connectivity index (χ1v) is 9.13. The molecule has 3 aromatic carbocycles. The molecule has 0 radical (unpaired) electrons. The maximum absolute atomic E-state index is 12.4. The maximum Gasteiger partial charge on any atom is 0.255 e. The number of ketones is 1. The first kappa shape index (κ1) is 19.7. The molecule has 28 heavy (non-hydrogen) atoms. The number of halogens is 2. The van der Waals surface area contributed by atoms with Crippen molar-refractivity contribution >= 4 is 52.3 Å². The number of para-hydroxylation sites is 2. The fourth-order valence-corrected chi connectivity index (χ4v) is 3.04. The normalized spacial score (nSPS) is 10.8. The monoisotopic (exact) mass is 410 g/mol. The number of hydrogen-bond acceptors (Lipinski definition) is 3. The minimum Gasteiger partial charge on any atom is -0.397 e. The topological polar surface area (TPSA) is 72.2 Å². The van der Waals surface area contributed by atoms with Crippen LogP contribution in [-0.4, -0.2) is 11.7 Å². The number of nitrogen functional groups attached to an aromatic ring is 1. The van der Waals surface area contributed by atoms with E-state index >= 15 is 0 Å². The third-order valence-electron chi connectivity index (χ3n) is 4.04. The zero-order valence-corrected chi connectivity index (χ0v) is 16.2. The van der Waals surface area contributed by atoms with Crippen LogP contribution >= 0.6 is 23.2 Å². The largest absolute Gasteiger partial charge is 0.397 e. The minimum absolute atomic E-state index is 0.227. The lowest BCUT2D eigenvalue weighted by Gasteiger charge is -2.08. The van der Waals surface area contributed by atoms with Gasteiger partial charge in [-0.2, -0.15) is 0 Å². The summed E-state index contributed by atoms with van der Waals surface area (Å²) in [6.45, 7) is 0. The van der Waals surface area contributed by atoms with E-state index in [4.69, 9.17) is 28.9 Å². The van der Waals surface area contributed by atoms with Gasteiger partial charge in [-0.15, -0.1) is 0 Å². The molecule has 140 valence electrons. The van der Waals surface area contributed by atoms with Gasteiger partial charge in [0, 0.05) is 26.7 Å². The van der Waals surface area contributed by atoms with Gasteiger partial charge in [-0.3, -0.25) is 9.59 Å². The summed E-state index contributed by atoms with van der Waals surface area (Å²) in [5, 5.41) is 3.67. The Labute approximate surface area is 172 Å². The number of carbonyl (C=O) groups is 2. The van der Waals surface area contributed by atoms with Gasteiger partial charge in [0.05, 0.1) is 11.4 Å². The van der Waals surface area contributed by atoms with Crippen molar-refractivity contribution in [3.05, 3.63) is 99.5 Å². The molecule has 3 N–H and O–H groups in total. The Hall–Kier alpha value is -3.08. The van der Waals surface area contributed by atoms with E-state index in [2.05, 4.69) is 5.32 Å². The molecule has 3 rings (SSSR count). The molecule has 3 aromatic rings. The van der Waals surface area contributed by atoms with Gasteiger partial charge >= 0.3 is 0 Å². The Morgan fingerprint density at radius 2 is 1.43 bits per heavy atom. The van der Waals surface area contributed by atoms with E-state index in [1.165, 1.54) is 6.08 Å². The molecule has 0 saturated carbocycles. The van der Waals surface area contributed by atoms with Crippen LogP contribution in [0.5, 0.6) is 0 Å². The highest BCUT2D eigenvalue weighted by atomic mass is 35.5. The molecule has 6 heteroatoms. The molecular formula is C22H16Cl2N2O2. The average Bonchev–Trinajstić information content (AvgIpc) is 2.69. The fraction of sp³-hybridized carbons (Fsp3) is 0. The zero-order valence-electron chi connectivity index (χ0n) is 14.7. The predicted molar refractivity (Wildman–Crippen MR) is 115 cm³/mol. The molecule has 0 aliphatic carbocycles. The second-order valence-electron chi connectivity index (χ2n) is 5.95. The summed E-state index contributed by atoms with van der Waals surface area (Å²) in [4.78, 5) is 24.7. The maximum atomic E-state index is 12.4. The molecule has 0 bridgehead atoms. The van der Waals surface area contributed by atoms with Crippen LogP contribution in [0, 0.1) is 0 Å². The first-order chi connectivity index (χ1) is 13.5. The van der Waals surface area contributed by atoms with Crippen LogP contribution in [0.1, 0.15) is 26.3 Å². The molecule has 1 amide bonds. The highest BCUT2D eigenvalue weighted by Gasteiger charge is 2.10. The van der Waals surface area contributed by atoms with Crippen molar-refractivity contribution in [1.29, 1.82) is 0 Å². The van der Waals surface area contributed by atoms with Gasteiger partial charge in [0.1, 0.15) is 0 Å². The van der Waals surface area contributed by atoms with Crippen LogP contribution in [-0.2, 0) is 0 Å². The standard InChI is InChI=1S/C22H16Cl2N2O2/c23-17-4-3-5-18(24)16(17)12-13-21(27)14-8-10-15(11-9-14)22(28)26-20-7-2-1-6-19(20)25/h1-13H,25H2,(H,26,28)/b13-12+. The molecule has 0 saturated heterocycles. The number of allylic oxidation sites excluding steroid dienone is 1. The molecule has 0 aliphatic rings. The number of anilines is 2. The quantitative estimate of drug-likeness (QED) is 0.320. The van der Waals surface area contributed by atoms with Crippen molar-refractivity contribution in [3.63, 3.8) is 0 Å². The highest BCUT2D eigenvalue weighted by molar-refractivity contribution is 6.37. The number of amides is 1. The van der Waals surface area contributed by atoms with Gasteiger partial charge in [0.15, 0.2) is 5.78 Å².